The number of allylic oxidation sites excluding steroid dienone is 5. The number of hydrogen-bond donors (Lipinski definition) is 1. The van der Waals surface area contributed by atoms with E-state index in [0.717, 1.165) is 41.5 Å². The minimum absolute atomic E-state index is 0.0378. The number of ether oxygens (including phenoxy) is 3. The van der Waals surface area contributed by atoms with E-state index < -0.39 is 16.4 Å². The minimum atomic E-state index is -1.41. The van der Waals surface area contributed by atoms with Crippen molar-refractivity contribution in [2.45, 2.75) is 64.9 Å². The van der Waals surface area contributed by atoms with Gasteiger partial charge in [0.1, 0.15) is 23.0 Å². The molecule has 1 fully saturated rings. The quantitative estimate of drug-likeness (QED) is 0.221. The summed E-state index contributed by atoms with van der Waals surface area (Å²) >= 11 is 0. The Kier molecular flexibility index (Phi) is 16.3. The third kappa shape index (κ3) is 11.0. The molecule has 42 heavy (non-hydrogen) atoms. The molecule has 1 aromatic rings. The summed E-state index contributed by atoms with van der Waals surface area (Å²) in [5.41, 5.74) is 2.90. The van der Waals surface area contributed by atoms with Gasteiger partial charge >= 0.3 is 5.97 Å². The Morgan fingerprint density at radius 3 is 2.36 bits per heavy atom. The summed E-state index contributed by atoms with van der Waals surface area (Å²) in [4.78, 5) is 24.5. The maximum absolute atomic E-state index is 13.4. The van der Waals surface area contributed by atoms with Gasteiger partial charge in [-0.05, 0) is 80.7 Å². The summed E-state index contributed by atoms with van der Waals surface area (Å²) in [6.45, 7) is 14.6. The lowest BCUT2D eigenvalue weighted by Gasteiger charge is -2.31. The average molecular weight is 605 g/mol. The zero-order valence-corrected chi connectivity index (χ0v) is 27.2. The van der Waals surface area contributed by atoms with Crippen molar-refractivity contribution in [3.05, 3.63) is 66.0 Å². The molecule has 9 nitrogen and oxygen atoms in total. The molecule has 0 amide bonds. The largest absolute Gasteiger partial charge is 0.508 e. The van der Waals surface area contributed by atoms with Crippen LogP contribution in [0.1, 0.15) is 59.4 Å². The standard InChI is InChI=1S/C23H28N2O4S.C7H14O3.C2H6/c1-4-17(10-14-26)22-15-18(7-11-24(22)2)21-6-5-19(27)16-23(21)30(28)25-12-8-20(29-3)9-13-25;1-7(2,3)6(8)10-5-9-4;1-2/h4-7,11,14-16,20,27H,1,8-10,12-13H2,2-3H3;5H2,1-4H3;1-2H3/b22-17+;;. The number of carbonyl (C=O) groups is 2. The number of esters is 1. The molecule has 1 N–H and O–H groups in total. The molecule has 1 unspecified atom stereocenters. The Balaban J connectivity index is 0.000000624. The number of aldehydes is 1. The molecule has 0 aliphatic carbocycles. The fourth-order valence-electron chi connectivity index (χ4n) is 4.03. The maximum Gasteiger partial charge on any atom is 0.313 e. The highest BCUT2D eigenvalue weighted by atomic mass is 32.2. The summed E-state index contributed by atoms with van der Waals surface area (Å²) < 4.78 is 30.0. The molecule has 0 bridgehead atoms. The summed E-state index contributed by atoms with van der Waals surface area (Å²) in [6.07, 6.45) is 10.5. The Bertz CT molecular complexity index is 1160. The number of piperidine rings is 1. The topological polar surface area (TPSA) is 106 Å². The number of phenols is 1. The summed E-state index contributed by atoms with van der Waals surface area (Å²) in [6, 6.07) is 4.96. The second-order valence-corrected chi connectivity index (χ2v) is 11.8. The van der Waals surface area contributed by atoms with Crippen LogP contribution in [0.15, 0.2) is 65.4 Å². The third-order valence-corrected chi connectivity index (χ3v) is 7.93. The minimum Gasteiger partial charge on any atom is -0.508 e. The number of benzene rings is 1. The van der Waals surface area contributed by atoms with Gasteiger partial charge in [0, 0.05) is 52.7 Å². The summed E-state index contributed by atoms with van der Waals surface area (Å²) in [5.74, 6) is -0.163. The van der Waals surface area contributed by atoms with Crippen molar-refractivity contribution >= 4 is 28.8 Å². The molecule has 1 atom stereocenters. The van der Waals surface area contributed by atoms with E-state index in [0.29, 0.717) is 18.0 Å². The zero-order valence-electron chi connectivity index (χ0n) is 26.3. The lowest BCUT2D eigenvalue weighted by molar-refractivity contribution is -0.163. The summed E-state index contributed by atoms with van der Waals surface area (Å²) in [7, 11) is 3.68. The van der Waals surface area contributed by atoms with Gasteiger partial charge in [-0.3, -0.25) is 4.79 Å². The van der Waals surface area contributed by atoms with Crippen LogP contribution in [0.2, 0.25) is 0 Å². The molecule has 0 spiro atoms. The molecule has 1 saturated heterocycles. The van der Waals surface area contributed by atoms with Gasteiger partial charge < -0.3 is 29.0 Å². The van der Waals surface area contributed by atoms with Crippen molar-refractivity contribution in [3.8, 4) is 5.75 Å². The van der Waals surface area contributed by atoms with Crippen LogP contribution in [-0.2, 0) is 34.8 Å². The molecule has 0 saturated carbocycles. The molecular weight excluding hydrogens is 556 g/mol. The highest BCUT2D eigenvalue weighted by molar-refractivity contribution is 7.82. The SMILES string of the molecule is C=C/C(CC=O)=C1/C=C(c2ccc(O)cc2S(=O)N2CCC(OC)CC2)C=CN1C.CC.COCOC(=O)C(C)(C)C. The number of likely N-dealkylation sites (N-methyl/N-ethyl adjacent to an activating group) is 1. The number of nitrogens with zero attached hydrogens (tertiary/aromatic N) is 2. The molecule has 0 radical (unpaired) electrons. The lowest BCUT2D eigenvalue weighted by atomic mass is 9.98. The highest BCUT2D eigenvalue weighted by Gasteiger charge is 2.26. The molecule has 10 heteroatoms. The van der Waals surface area contributed by atoms with E-state index in [1.54, 1.807) is 52.2 Å². The Morgan fingerprint density at radius 1 is 1.19 bits per heavy atom. The second-order valence-electron chi connectivity index (χ2n) is 10.4. The van der Waals surface area contributed by atoms with Crippen molar-refractivity contribution in [2.24, 2.45) is 5.41 Å². The molecule has 0 aromatic heterocycles. The average Bonchev–Trinajstić information content (AvgIpc) is 2.99. The predicted octanol–water partition coefficient (Wildman–Crippen LogP) is 5.60. The fourth-order valence-corrected chi connectivity index (χ4v) is 5.45. The smallest absolute Gasteiger partial charge is 0.313 e. The van der Waals surface area contributed by atoms with Crippen LogP contribution in [0, 0.1) is 5.41 Å². The van der Waals surface area contributed by atoms with Crippen molar-refractivity contribution in [1.82, 2.24) is 9.21 Å². The van der Waals surface area contributed by atoms with Crippen LogP contribution < -0.4 is 0 Å². The zero-order chi connectivity index (χ0) is 31.9. The van der Waals surface area contributed by atoms with E-state index in [1.807, 2.05) is 48.5 Å². The van der Waals surface area contributed by atoms with Crippen molar-refractivity contribution < 1.29 is 33.1 Å². The van der Waals surface area contributed by atoms with Crippen LogP contribution in [0.25, 0.3) is 5.57 Å². The lowest BCUT2D eigenvalue weighted by Crippen LogP contribution is -2.38. The van der Waals surface area contributed by atoms with E-state index in [1.165, 1.54) is 7.11 Å². The fraction of sp³-hybridized carbons (Fsp3) is 0.500. The van der Waals surface area contributed by atoms with Crippen molar-refractivity contribution in [1.29, 1.82) is 0 Å². The number of hydrogen-bond acceptors (Lipinski definition) is 8. The normalized spacial score (nSPS) is 17.5. The Hall–Kier alpha value is -3.05. The summed E-state index contributed by atoms with van der Waals surface area (Å²) in [5, 5.41) is 10.1. The van der Waals surface area contributed by atoms with Gasteiger partial charge in [0.05, 0.1) is 16.4 Å². The molecule has 2 aliphatic rings. The number of phenolic OH excluding ortho intramolecular Hbond substituents is 1. The first kappa shape index (κ1) is 37.0. The number of carbonyl (C=O) groups excluding carboxylic acids is 2. The van der Waals surface area contributed by atoms with Gasteiger partial charge in [-0.1, -0.05) is 26.5 Å². The maximum atomic E-state index is 13.4. The number of methoxy groups -OCH3 is 2. The van der Waals surface area contributed by atoms with Crippen LogP contribution in [0.5, 0.6) is 5.75 Å². The van der Waals surface area contributed by atoms with Crippen LogP contribution >= 0.6 is 0 Å². The number of aromatic hydroxyl groups is 1. The predicted molar refractivity (Wildman–Crippen MR) is 168 cm³/mol. The third-order valence-electron chi connectivity index (χ3n) is 6.38. The van der Waals surface area contributed by atoms with Gasteiger partial charge in [-0.15, -0.1) is 0 Å². The van der Waals surface area contributed by atoms with Gasteiger partial charge in [0.15, 0.2) is 6.79 Å². The van der Waals surface area contributed by atoms with Gasteiger partial charge in [-0.2, -0.15) is 0 Å². The van der Waals surface area contributed by atoms with E-state index in [-0.39, 0.29) is 31.0 Å². The van der Waals surface area contributed by atoms with E-state index in [9.17, 15) is 18.9 Å². The van der Waals surface area contributed by atoms with Crippen molar-refractivity contribution in [2.75, 3.05) is 41.1 Å². The molecule has 1 aromatic carbocycles. The number of rotatable bonds is 9. The van der Waals surface area contributed by atoms with E-state index in [4.69, 9.17) is 9.47 Å². The van der Waals surface area contributed by atoms with Gasteiger partial charge in [0.2, 0.25) is 0 Å². The van der Waals surface area contributed by atoms with Crippen molar-refractivity contribution in [3.63, 3.8) is 0 Å². The second kappa shape index (κ2) is 18.5. The van der Waals surface area contributed by atoms with Crippen LogP contribution in [-0.4, -0.2) is 78.0 Å². The Morgan fingerprint density at radius 2 is 1.83 bits per heavy atom. The van der Waals surface area contributed by atoms with E-state index in [2.05, 4.69) is 11.3 Å². The van der Waals surface area contributed by atoms with Crippen LogP contribution in [0.3, 0.4) is 0 Å². The van der Waals surface area contributed by atoms with E-state index >= 15 is 0 Å². The molecular formula is C32H48N2O7S. The Labute approximate surface area is 254 Å². The van der Waals surface area contributed by atoms with Crippen LogP contribution in [0.4, 0.5) is 0 Å². The first-order chi connectivity index (χ1) is 20.0. The highest BCUT2D eigenvalue weighted by Crippen LogP contribution is 2.33. The van der Waals surface area contributed by atoms with Gasteiger partial charge in [0.25, 0.3) is 0 Å². The first-order valence-corrected chi connectivity index (χ1v) is 15.2. The first-order valence-electron chi connectivity index (χ1n) is 14.1. The molecule has 3 rings (SSSR count). The monoisotopic (exact) mass is 604 g/mol. The van der Waals surface area contributed by atoms with Gasteiger partial charge in [-0.25, -0.2) is 8.51 Å². The molecule has 2 aliphatic heterocycles. The molecule has 2 heterocycles. The molecule has 234 valence electrons.